The van der Waals surface area contributed by atoms with E-state index in [1.54, 1.807) is 43.3 Å². The molecule has 2 heterocycles. The van der Waals surface area contributed by atoms with Crippen molar-refractivity contribution in [2.45, 2.75) is 13.5 Å². The summed E-state index contributed by atoms with van der Waals surface area (Å²) in [5, 5.41) is 5.64. The van der Waals surface area contributed by atoms with Gasteiger partial charge < -0.3 is 19.4 Å². The molecule has 0 saturated heterocycles. The number of rotatable bonds is 6. The van der Waals surface area contributed by atoms with E-state index in [0.29, 0.717) is 17.2 Å². The molecule has 7 nitrogen and oxygen atoms in total. The highest BCUT2D eigenvalue weighted by atomic mass is 32.1. The molecule has 3 aromatic rings. The lowest BCUT2D eigenvalue weighted by molar-refractivity contribution is -0.116. The molecule has 130 valence electrons. The van der Waals surface area contributed by atoms with Gasteiger partial charge in [-0.05, 0) is 6.92 Å². The van der Waals surface area contributed by atoms with Crippen molar-refractivity contribution < 1.29 is 14.3 Å². The first-order valence-corrected chi connectivity index (χ1v) is 8.42. The van der Waals surface area contributed by atoms with Gasteiger partial charge >= 0.3 is 0 Å². The Labute approximate surface area is 149 Å². The summed E-state index contributed by atoms with van der Waals surface area (Å²) in [6.07, 6.45) is 3.43. The van der Waals surface area contributed by atoms with Gasteiger partial charge in [0, 0.05) is 41.2 Å². The molecule has 0 saturated carbocycles. The van der Waals surface area contributed by atoms with E-state index in [4.69, 9.17) is 9.47 Å². The highest BCUT2D eigenvalue weighted by molar-refractivity contribution is 7.13. The minimum atomic E-state index is -0.172. The first-order valence-electron chi connectivity index (χ1n) is 7.54. The third kappa shape index (κ3) is 4.16. The monoisotopic (exact) mass is 358 g/mol. The van der Waals surface area contributed by atoms with Gasteiger partial charge in [-0.3, -0.25) is 4.79 Å². The molecule has 0 unspecified atom stereocenters. The maximum absolute atomic E-state index is 12.3. The smallest absolute Gasteiger partial charge is 0.244 e. The van der Waals surface area contributed by atoms with Gasteiger partial charge in [-0.1, -0.05) is 0 Å². The first-order chi connectivity index (χ1) is 12.1. The molecule has 0 atom stereocenters. The molecule has 1 aromatic carbocycles. The highest BCUT2D eigenvalue weighted by Crippen LogP contribution is 2.26. The molecule has 0 spiro atoms. The average Bonchev–Trinajstić information content (AvgIpc) is 3.23. The van der Waals surface area contributed by atoms with E-state index in [9.17, 15) is 4.79 Å². The van der Waals surface area contributed by atoms with Crippen molar-refractivity contribution in [2.24, 2.45) is 0 Å². The number of ether oxygens (including phenoxy) is 2. The predicted molar refractivity (Wildman–Crippen MR) is 96.2 cm³/mol. The molecule has 8 heteroatoms. The molecule has 1 amide bonds. The second-order valence-electron chi connectivity index (χ2n) is 5.37. The zero-order valence-corrected chi connectivity index (χ0v) is 15.0. The number of imidazole rings is 1. The van der Waals surface area contributed by atoms with Crippen molar-refractivity contribution in [3.63, 3.8) is 0 Å². The first kappa shape index (κ1) is 17.0. The molecule has 1 N–H and O–H groups in total. The fourth-order valence-corrected chi connectivity index (χ4v) is 3.03. The Kier molecular flexibility index (Phi) is 4.99. The summed E-state index contributed by atoms with van der Waals surface area (Å²) in [4.78, 5) is 21.0. The summed E-state index contributed by atoms with van der Waals surface area (Å²) >= 11 is 1.53. The SMILES string of the molecule is COc1cc(NC(=O)Cn2cnc(-c3nc(C)cs3)c2)cc(OC)c1. The van der Waals surface area contributed by atoms with Crippen LogP contribution < -0.4 is 14.8 Å². The van der Waals surface area contributed by atoms with E-state index < -0.39 is 0 Å². The summed E-state index contributed by atoms with van der Waals surface area (Å²) in [6.45, 7) is 2.09. The van der Waals surface area contributed by atoms with Crippen LogP contribution in [0.5, 0.6) is 11.5 Å². The van der Waals surface area contributed by atoms with E-state index >= 15 is 0 Å². The number of hydrogen-bond donors (Lipinski definition) is 1. The number of methoxy groups -OCH3 is 2. The van der Waals surface area contributed by atoms with Crippen LogP contribution in [0.3, 0.4) is 0 Å². The largest absolute Gasteiger partial charge is 0.497 e. The van der Waals surface area contributed by atoms with Crippen LogP contribution in [-0.4, -0.2) is 34.7 Å². The fraction of sp³-hybridized carbons (Fsp3) is 0.235. The molecule has 3 rings (SSSR count). The summed E-state index contributed by atoms with van der Waals surface area (Å²) in [7, 11) is 3.13. The predicted octanol–water partition coefficient (Wildman–Crippen LogP) is 2.97. The Morgan fingerprint density at radius 3 is 2.56 bits per heavy atom. The Morgan fingerprint density at radius 1 is 1.24 bits per heavy atom. The van der Waals surface area contributed by atoms with E-state index in [0.717, 1.165) is 16.4 Å². The normalized spacial score (nSPS) is 10.5. The van der Waals surface area contributed by atoms with Gasteiger partial charge in [0.1, 0.15) is 28.7 Å². The average molecular weight is 358 g/mol. The van der Waals surface area contributed by atoms with Gasteiger partial charge in [-0.2, -0.15) is 0 Å². The van der Waals surface area contributed by atoms with Crippen LogP contribution in [-0.2, 0) is 11.3 Å². The number of anilines is 1. The van der Waals surface area contributed by atoms with E-state index in [1.807, 2.05) is 18.5 Å². The molecular formula is C17H18N4O3S. The number of aromatic nitrogens is 3. The number of nitrogens with one attached hydrogen (secondary N) is 1. The Balaban J connectivity index is 1.68. The summed E-state index contributed by atoms with van der Waals surface area (Å²) < 4.78 is 12.1. The minimum absolute atomic E-state index is 0.150. The number of nitrogens with zero attached hydrogens (tertiary/aromatic N) is 3. The second-order valence-corrected chi connectivity index (χ2v) is 6.23. The zero-order valence-electron chi connectivity index (χ0n) is 14.1. The van der Waals surface area contributed by atoms with Gasteiger partial charge in [0.2, 0.25) is 5.91 Å². The lowest BCUT2D eigenvalue weighted by atomic mass is 10.2. The van der Waals surface area contributed by atoms with Crippen molar-refractivity contribution in [3.05, 3.63) is 41.8 Å². The van der Waals surface area contributed by atoms with Crippen molar-refractivity contribution in [1.82, 2.24) is 14.5 Å². The highest BCUT2D eigenvalue weighted by Gasteiger charge is 2.10. The molecule has 0 aliphatic heterocycles. The lowest BCUT2D eigenvalue weighted by Crippen LogP contribution is -2.17. The van der Waals surface area contributed by atoms with Gasteiger partial charge in [0.25, 0.3) is 0 Å². The van der Waals surface area contributed by atoms with Crippen LogP contribution >= 0.6 is 11.3 Å². The Bertz CT molecular complexity index is 865. The second kappa shape index (κ2) is 7.35. The standard InChI is InChI=1S/C17H18N4O3S/c1-11-9-25-17(19-11)15-7-21(10-18-15)8-16(22)20-12-4-13(23-2)6-14(5-12)24-3/h4-7,9-10H,8H2,1-3H3,(H,20,22). The number of carbonyl (C=O) groups excluding carboxylic acids is 1. The van der Waals surface area contributed by atoms with Gasteiger partial charge in [-0.15, -0.1) is 11.3 Å². The number of carbonyl (C=O) groups is 1. The van der Waals surface area contributed by atoms with Crippen LogP contribution in [0.4, 0.5) is 5.69 Å². The van der Waals surface area contributed by atoms with E-state index in [2.05, 4.69) is 15.3 Å². The Morgan fingerprint density at radius 2 is 1.96 bits per heavy atom. The summed E-state index contributed by atoms with van der Waals surface area (Å²) in [6, 6.07) is 5.21. The maximum Gasteiger partial charge on any atom is 0.244 e. The molecule has 2 aromatic heterocycles. The molecule has 0 radical (unpaired) electrons. The van der Waals surface area contributed by atoms with E-state index in [-0.39, 0.29) is 12.5 Å². The zero-order chi connectivity index (χ0) is 17.8. The minimum Gasteiger partial charge on any atom is -0.497 e. The molecular weight excluding hydrogens is 340 g/mol. The quantitative estimate of drug-likeness (QED) is 0.733. The fourth-order valence-electron chi connectivity index (χ4n) is 2.27. The molecule has 0 bridgehead atoms. The third-order valence-electron chi connectivity index (χ3n) is 3.43. The molecule has 0 aliphatic rings. The van der Waals surface area contributed by atoms with Crippen LogP contribution in [0, 0.1) is 6.92 Å². The summed E-state index contributed by atoms with van der Waals surface area (Å²) in [5.41, 5.74) is 2.32. The van der Waals surface area contributed by atoms with Crippen molar-refractivity contribution >= 4 is 22.9 Å². The number of amides is 1. The van der Waals surface area contributed by atoms with Crippen molar-refractivity contribution in [3.8, 4) is 22.2 Å². The summed E-state index contributed by atoms with van der Waals surface area (Å²) in [5.74, 6) is 1.05. The van der Waals surface area contributed by atoms with Crippen molar-refractivity contribution in [2.75, 3.05) is 19.5 Å². The van der Waals surface area contributed by atoms with Crippen LogP contribution in [0.2, 0.25) is 0 Å². The van der Waals surface area contributed by atoms with Crippen LogP contribution in [0.1, 0.15) is 5.69 Å². The van der Waals surface area contributed by atoms with Gasteiger partial charge in [0.05, 0.1) is 20.5 Å². The van der Waals surface area contributed by atoms with Crippen LogP contribution in [0.15, 0.2) is 36.1 Å². The van der Waals surface area contributed by atoms with E-state index in [1.165, 1.54) is 11.3 Å². The maximum atomic E-state index is 12.3. The molecule has 25 heavy (non-hydrogen) atoms. The third-order valence-corrected chi connectivity index (χ3v) is 4.42. The number of thiazole rings is 1. The number of aryl methyl sites for hydroxylation is 1. The molecule has 0 aliphatic carbocycles. The Hall–Kier alpha value is -2.87. The van der Waals surface area contributed by atoms with Crippen molar-refractivity contribution in [1.29, 1.82) is 0 Å². The van der Waals surface area contributed by atoms with Crippen LogP contribution in [0.25, 0.3) is 10.7 Å². The number of benzene rings is 1. The topological polar surface area (TPSA) is 78.3 Å². The lowest BCUT2D eigenvalue weighted by Gasteiger charge is -2.10. The number of hydrogen-bond acceptors (Lipinski definition) is 6. The van der Waals surface area contributed by atoms with Gasteiger partial charge in [-0.25, -0.2) is 9.97 Å². The van der Waals surface area contributed by atoms with Gasteiger partial charge in [0.15, 0.2) is 0 Å². The molecule has 0 fully saturated rings.